The van der Waals surface area contributed by atoms with E-state index in [0.29, 0.717) is 11.1 Å². The van der Waals surface area contributed by atoms with Crippen molar-refractivity contribution in [2.24, 2.45) is 23.7 Å². The van der Waals surface area contributed by atoms with Crippen molar-refractivity contribution in [1.29, 1.82) is 0 Å². The maximum atomic E-state index is 13.2. The molecule has 3 aliphatic carbocycles. The Hall–Kier alpha value is -2.62. The maximum Gasteiger partial charge on any atom is 0.167 e. The molecule has 2 aromatic carbocycles. The number of Topliss-reactive ketones (excluding diaryl/α,β-unsaturated/α-hetero) is 2. The molecule has 4 heteroatoms. The summed E-state index contributed by atoms with van der Waals surface area (Å²) >= 11 is 0. The van der Waals surface area contributed by atoms with E-state index in [2.05, 4.69) is 0 Å². The Bertz CT molecular complexity index is 795. The lowest BCUT2D eigenvalue weighted by atomic mass is 9.58. The van der Waals surface area contributed by atoms with Crippen LogP contribution in [0.2, 0.25) is 0 Å². The molecule has 2 nitrogen and oxygen atoms in total. The number of fused-ring (bicyclic) bond motifs is 2. The lowest BCUT2D eigenvalue weighted by Gasteiger charge is -2.43. The Kier molecular flexibility index (Phi) is 4.27. The molecule has 4 atom stereocenters. The summed E-state index contributed by atoms with van der Waals surface area (Å²) < 4.78 is 26.4. The van der Waals surface area contributed by atoms with Crippen LogP contribution < -0.4 is 0 Å². The van der Waals surface area contributed by atoms with Crippen LogP contribution in [0.1, 0.15) is 33.6 Å². The molecule has 1 fully saturated rings. The summed E-state index contributed by atoms with van der Waals surface area (Å²) in [6, 6.07) is 11.0. The lowest BCUT2D eigenvalue weighted by Crippen LogP contribution is -2.45. The van der Waals surface area contributed by atoms with Gasteiger partial charge in [0.1, 0.15) is 11.6 Å². The fraction of sp³-hybridized carbons (Fsp3) is 0.273. The average molecular weight is 352 g/mol. The standard InChI is InChI=1S/C22H18F2O2/c23-17-9-5-15(6-10-17)21(25)19-13-1-2-14(4-3-13)20(19)22(26)16-7-11-18(24)12-8-16/h1-2,5-14,19-20H,3-4H2/t13-,14+,19?,20?. The van der Waals surface area contributed by atoms with Crippen LogP contribution in [0.25, 0.3) is 0 Å². The van der Waals surface area contributed by atoms with Gasteiger partial charge >= 0.3 is 0 Å². The summed E-state index contributed by atoms with van der Waals surface area (Å²) in [6.45, 7) is 0. The molecular formula is C22H18F2O2. The van der Waals surface area contributed by atoms with Gasteiger partial charge in [-0.05, 0) is 73.2 Å². The number of hydrogen-bond acceptors (Lipinski definition) is 2. The second-order valence-corrected chi connectivity index (χ2v) is 7.08. The van der Waals surface area contributed by atoms with Gasteiger partial charge in [0.15, 0.2) is 11.6 Å². The number of halogens is 2. The molecule has 0 saturated heterocycles. The van der Waals surface area contributed by atoms with Gasteiger partial charge in [-0.1, -0.05) is 12.2 Å². The fourth-order valence-electron chi connectivity index (χ4n) is 4.32. The van der Waals surface area contributed by atoms with Crippen molar-refractivity contribution in [2.45, 2.75) is 12.8 Å². The van der Waals surface area contributed by atoms with E-state index in [1.807, 2.05) is 12.2 Å². The van der Waals surface area contributed by atoms with E-state index >= 15 is 0 Å². The fourth-order valence-corrected chi connectivity index (χ4v) is 4.32. The predicted octanol–water partition coefficient (Wildman–Crippen LogP) is 4.86. The maximum absolute atomic E-state index is 13.2. The van der Waals surface area contributed by atoms with Crippen LogP contribution in [-0.4, -0.2) is 11.6 Å². The van der Waals surface area contributed by atoms with Crippen LogP contribution in [0, 0.1) is 35.3 Å². The van der Waals surface area contributed by atoms with Crippen LogP contribution in [0.4, 0.5) is 8.78 Å². The highest BCUT2D eigenvalue weighted by molar-refractivity contribution is 6.05. The molecule has 132 valence electrons. The van der Waals surface area contributed by atoms with Gasteiger partial charge in [-0.15, -0.1) is 0 Å². The van der Waals surface area contributed by atoms with Gasteiger partial charge in [0.2, 0.25) is 0 Å². The van der Waals surface area contributed by atoms with Crippen molar-refractivity contribution >= 4 is 11.6 Å². The third kappa shape index (κ3) is 2.90. The third-order valence-electron chi connectivity index (χ3n) is 5.61. The van der Waals surface area contributed by atoms with E-state index in [0.717, 1.165) is 12.8 Å². The van der Waals surface area contributed by atoms with Crippen LogP contribution in [0.15, 0.2) is 60.7 Å². The number of ketones is 2. The first kappa shape index (κ1) is 16.8. The van der Waals surface area contributed by atoms with Gasteiger partial charge in [-0.25, -0.2) is 8.78 Å². The minimum atomic E-state index is -0.457. The Morgan fingerprint density at radius 3 is 1.31 bits per heavy atom. The summed E-state index contributed by atoms with van der Waals surface area (Å²) in [5.74, 6) is -1.94. The van der Waals surface area contributed by atoms with Crippen molar-refractivity contribution in [3.8, 4) is 0 Å². The topological polar surface area (TPSA) is 34.1 Å². The molecule has 0 radical (unpaired) electrons. The number of hydrogen-bond donors (Lipinski definition) is 0. The second-order valence-electron chi connectivity index (χ2n) is 7.08. The molecule has 0 heterocycles. The quantitative estimate of drug-likeness (QED) is 0.582. The van der Waals surface area contributed by atoms with E-state index in [1.54, 1.807) is 0 Å². The Morgan fingerprint density at radius 1 is 0.654 bits per heavy atom. The molecule has 2 bridgehead atoms. The first-order valence-corrected chi connectivity index (χ1v) is 8.82. The van der Waals surface area contributed by atoms with Crippen molar-refractivity contribution in [2.75, 3.05) is 0 Å². The molecular weight excluding hydrogens is 334 g/mol. The van der Waals surface area contributed by atoms with E-state index < -0.39 is 23.5 Å². The number of rotatable bonds is 4. The molecule has 0 N–H and O–H groups in total. The van der Waals surface area contributed by atoms with E-state index in [4.69, 9.17) is 0 Å². The number of carbonyl (C=O) groups excluding carboxylic acids is 2. The highest BCUT2D eigenvalue weighted by Gasteiger charge is 2.47. The molecule has 2 aromatic rings. The number of benzene rings is 2. The largest absolute Gasteiger partial charge is 0.294 e. The van der Waals surface area contributed by atoms with Gasteiger partial charge in [-0.2, -0.15) is 0 Å². The molecule has 0 aromatic heterocycles. The molecule has 0 spiro atoms. The molecule has 0 amide bonds. The van der Waals surface area contributed by atoms with Gasteiger partial charge in [0, 0.05) is 23.0 Å². The van der Waals surface area contributed by atoms with Crippen LogP contribution in [-0.2, 0) is 0 Å². The minimum absolute atomic E-state index is 0.00644. The summed E-state index contributed by atoms with van der Waals surface area (Å²) in [5, 5.41) is 0. The van der Waals surface area contributed by atoms with Crippen molar-refractivity contribution in [1.82, 2.24) is 0 Å². The number of carbonyl (C=O) groups is 2. The molecule has 5 rings (SSSR count). The summed E-state index contributed by atoms with van der Waals surface area (Å²) in [4.78, 5) is 26.3. The van der Waals surface area contributed by atoms with E-state index in [9.17, 15) is 18.4 Å². The average Bonchev–Trinajstić information content (AvgIpc) is 2.68. The Labute approximate surface area is 150 Å². The molecule has 3 aliphatic rings. The van der Waals surface area contributed by atoms with Crippen molar-refractivity contribution in [3.05, 3.63) is 83.4 Å². The van der Waals surface area contributed by atoms with Crippen molar-refractivity contribution < 1.29 is 18.4 Å². The van der Waals surface area contributed by atoms with Gasteiger partial charge in [0.05, 0.1) is 0 Å². The highest BCUT2D eigenvalue weighted by atomic mass is 19.1. The monoisotopic (exact) mass is 352 g/mol. The molecule has 0 aliphatic heterocycles. The summed E-state index contributed by atoms with van der Waals surface area (Å²) in [5.41, 5.74) is 0.850. The zero-order valence-corrected chi connectivity index (χ0v) is 14.1. The summed E-state index contributed by atoms with van der Waals surface area (Å²) in [6.07, 6.45) is 5.81. The van der Waals surface area contributed by atoms with Crippen LogP contribution in [0.3, 0.4) is 0 Å². The van der Waals surface area contributed by atoms with Gasteiger partial charge in [0.25, 0.3) is 0 Å². The predicted molar refractivity (Wildman–Crippen MR) is 93.8 cm³/mol. The van der Waals surface area contributed by atoms with Gasteiger partial charge in [-0.3, -0.25) is 9.59 Å². The summed E-state index contributed by atoms with van der Waals surface area (Å²) in [7, 11) is 0. The van der Waals surface area contributed by atoms with Crippen molar-refractivity contribution in [3.63, 3.8) is 0 Å². The first-order chi connectivity index (χ1) is 12.5. The lowest BCUT2D eigenvalue weighted by molar-refractivity contribution is 0.0554. The second kappa shape index (κ2) is 6.60. The zero-order valence-electron chi connectivity index (χ0n) is 14.1. The van der Waals surface area contributed by atoms with E-state index in [-0.39, 0.29) is 23.4 Å². The van der Waals surface area contributed by atoms with Crippen LogP contribution >= 0.6 is 0 Å². The normalized spacial score (nSPS) is 26.7. The third-order valence-corrected chi connectivity index (χ3v) is 5.61. The van der Waals surface area contributed by atoms with E-state index in [1.165, 1.54) is 48.5 Å². The Morgan fingerprint density at radius 2 is 1.00 bits per heavy atom. The first-order valence-electron chi connectivity index (χ1n) is 8.82. The molecule has 2 unspecified atom stereocenters. The number of allylic oxidation sites excluding steroid dienone is 2. The smallest absolute Gasteiger partial charge is 0.167 e. The molecule has 1 saturated carbocycles. The Balaban J connectivity index is 1.70. The zero-order chi connectivity index (χ0) is 18.3. The minimum Gasteiger partial charge on any atom is -0.294 e. The van der Waals surface area contributed by atoms with Gasteiger partial charge < -0.3 is 0 Å². The van der Waals surface area contributed by atoms with Crippen LogP contribution in [0.5, 0.6) is 0 Å². The molecule has 26 heavy (non-hydrogen) atoms. The highest BCUT2D eigenvalue weighted by Crippen LogP contribution is 2.47. The SMILES string of the molecule is O=C(c1ccc(F)cc1)C1C(C(=O)c2ccc(F)cc2)[C@H]2C=C[C@@H]1CC2.